The van der Waals surface area contributed by atoms with Crippen LogP contribution in [-0.4, -0.2) is 34.0 Å². The highest BCUT2D eigenvalue weighted by Gasteiger charge is 2.59. The van der Waals surface area contributed by atoms with Crippen molar-refractivity contribution in [1.29, 1.82) is 0 Å². The van der Waals surface area contributed by atoms with E-state index in [4.69, 9.17) is 0 Å². The Morgan fingerprint density at radius 1 is 1.56 bits per heavy atom. The number of alkyl halides is 3. The quantitative estimate of drug-likeness (QED) is 0.833. The van der Waals surface area contributed by atoms with Crippen molar-refractivity contribution in [2.45, 2.75) is 31.5 Å². The zero-order valence-corrected chi connectivity index (χ0v) is 8.88. The second kappa shape index (κ2) is 3.73. The van der Waals surface area contributed by atoms with Crippen LogP contribution >= 0.6 is 0 Å². The molecule has 1 atom stereocenters. The van der Waals surface area contributed by atoms with E-state index in [2.05, 4.69) is 15.4 Å². The van der Waals surface area contributed by atoms with Gasteiger partial charge in [-0.05, 0) is 19.9 Å². The lowest BCUT2D eigenvalue weighted by atomic mass is 9.85. The predicted octanol–water partition coefficient (Wildman–Crippen LogP) is 1.09. The maximum atomic E-state index is 13.2. The number of aromatic nitrogens is 3. The first-order chi connectivity index (χ1) is 7.51. The van der Waals surface area contributed by atoms with E-state index in [1.807, 2.05) is 0 Å². The molecule has 1 aromatic heterocycles. The van der Waals surface area contributed by atoms with Crippen LogP contribution in [-0.2, 0) is 12.0 Å². The van der Waals surface area contributed by atoms with Crippen LogP contribution in [0.2, 0.25) is 0 Å². The van der Waals surface area contributed by atoms with E-state index >= 15 is 0 Å². The number of nitrogens with zero attached hydrogens (tertiary/aromatic N) is 3. The SMILES string of the molecule is CCn1ncnc1C1(C(F)(F)F)CCNC1. The molecule has 2 rings (SSSR count). The minimum absolute atomic E-state index is 0.0208. The summed E-state index contributed by atoms with van der Waals surface area (Å²) in [5, 5.41) is 6.57. The van der Waals surface area contributed by atoms with Gasteiger partial charge in [-0.3, -0.25) is 0 Å². The second-order valence-corrected chi connectivity index (χ2v) is 3.91. The van der Waals surface area contributed by atoms with Gasteiger partial charge < -0.3 is 5.32 Å². The molecule has 1 fully saturated rings. The lowest BCUT2D eigenvalue weighted by molar-refractivity contribution is -0.188. The number of aryl methyl sites for hydroxylation is 1. The number of hydrogen-bond acceptors (Lipinski definition) is 3. The molecule has 2 heterocycles. The average molecular weight is 234 g/mol. The zero-order chi connectivity index (χ0) is 11.8. The van der Waals surface area contributed by atoms with E-state index in [-0.39, 0.29) is 18.8 Å². The first-order valence-electron chi connectivity index (χ1n) is 5.17. The summed E-state index contributed by atoms with van der Waals surface area (Å²) in [5.74, 6) is 0.0208. The molecule has 7 heteroatoms. The normalized spacial score (nSPS) is 26.2. The van der Waals surface area contributed by atoms with Crippen LogP contribution in [0.25, 0.3) is 0 Å². The van der Waals surface area contributed by atoms with E-state index in [9.17, 15) is 13.2 Å². The van der Waals surface area contributed by atoms with Crippen LogP contribution in [0, 0.1) is 0 Å². The van der Waals surface area contributed by atoms with Gasteiger partial charge in [0.1, 0.15) is 17.6 Å². The van der Waals surface area contributed by atoms with Crippen molar-refractivity contribution in [1.82, 2.24) is 20.1 Å². The average Bonchev–Trinajstić information content (AvgIpc) is 2.85. The molecule has 1 aromatic rings. The Morgan fingerprint density at radius 2 is 2.31 bits per heavy atom. The molecule has 1 N–H and O–H groups in total. The first kappa shape index (κ1) is 11.4. The summed E-state index contributed by atoms with van der Waals surface area (Å²) < 4.78 is 40.8. The molecular formula is C9H13F3N4. The van der Waals surface area contributed by atoms with Crippen LogP contribution in [0.15, 0.2) is 6.33 Å². The fourth-order valence-corrected chi connectivity index (χ4v) is 2.12. The summed E-state index contributed by atoms with van der Waals surface area (Å²) >= 11 is 0. The Labute approximate surface area is 90.9 Å². The molecule has 90 valence electrons. The van der Waals surface area contributed by atoms with Crippen LogP contribution in [0.5, 0.6) is 0 Å². The third-order valence-electron chi connectivity index (χ3n) is 3.04. The van der Waals surface area contributed by atoms with E-state index in [0.717, 1.165) is 0 Å². The first-order valence-corrected chi connectivity index (χ1v) is 5.17. The van der Waals surface area contributed by atoms with Crippen molar-refractivity contribution >= 4 is 0 Å². The largest absolute Gasteiger partial charge is 0.402 e. The summed E-state index contributed by atoms with van der Waals surface area (Å²) in [6.45, 7) is 2.39. The molecule has 0 amide bonds. The van der Waals surface area contributed by atoms with Gasteiger partial charge >= 0.3 is 6.18 Å². The van der Waals surface area contributed by atoms with Crippen molar-refractivity contribution in [3.05, 3.63) is 12.2 Å². The van der Waals surface area contributed by atoms with Crippen molar-refractivity contribution < 1.29 is 13.2 Å². The highest BCUT2D eigenvalue weighted by atomic mass is 19.4. The number of halogens is 3. The Morgan fingerprint density at radius 3 is 2.81 bits per heavy atom. The molecule has 0 aromatic carbocycles. The van der Waals surface area contributed by atoms with E-state index < -0.39 is 11.6 Å². The number of rotatable bonds is 2. The van der Waals surface area contributed by atoms with E-state index in [0.29, 0.717) is 13.1 Å². The van der Waals surface area contributed by atoms with Crippen LogP contribution in [0.4, 0.5) is 13.2 Å². The van der Waals surface area contributed by atoms with Gasteiger partial charge in [0.25, 0.3) is 0 Å². The van der Waals surface area contributed by atoms with Crippen LogP contribution < -0.4 is 5.32 Å². The summed E-state index contributed by atoms with van der Waals surface area (Å²) in [6.07, 6.45) is -3.09. The molecule has 1 aliphatic heterocycles. The minimum Gasteiger partial charge on any atom is -0.315 e. The summed E-state index contributed by atoms with van der Waals surface area (Å²) in [5.41, 5.74) is -1.88. The van der Waals surface area contributed by atoms with Gasteiger partial charge in [0.2, 0.25) is 0 Å². The van der Waals surface area contributed by atoms with Gasteiger partial charge in [-0.15, -0.1) is 0 Å². The molecule has 4 nitrogen and oxygen atoms in total. The number of nitrogens with one attached hydrogen (secondary N) is 1. The minimum atomic E-state index is -4.30. The summed E-state index contributed by atoms with van der Waals surface area (Å²) in [6, 6.07) is 0. The van der Waals surface area contributed by atoms with Crippen molar-refractivity contribution in [2.24, 2.45) is 0 Å². The molecule has 0 spiro atoms. The lowest BCUT2D eigenvalue weighted by Crippen LogP contribution is -2.46. The molecular weight excluding hydrogens is 221 g/mol. The highest BCUT2D eigenvalue weighted by Crippen LogP contribution is 2.44. The molecule has 0 radical (unpaired) electrons. The molecule has 16 heavy (non-hydrogen) atoms. The third kappa shape index (κ3) is 1.50. The highest BCUT2D eigenvalue weighted by molar-refractivity contribution is 5.16. The smallest absolute Gasteiger partial charge is 0.315 e. The summed E-state index contributed by atoms with van der Waals surface area (Å²) in [4.78, 5) is 3.80. The standard InChI is InChI=1S/C9H13F3N4/c1-2-16-7(14-6-15-16)8(9(10,11)12)3-4-13-5-8/h6,13H,2-5H2,1H3. The Balaban J connectivity index is 2.48. The second-order valence-electron chi connectivity index (χ2n) is 3.91. The van der Waals surface area contributed by atoms with Crippen molar-refractivity contribution in [3.63, 3.8) is 0 Å². The van der Waals surface area contributed by atoms with E-state index in [1.54, 1.807) is 6.92 Å². The molecule has 0 saturated carbocycles. The van der Waals surface area contributed by atoms with Crippen LogP contribution in [0.1, 0.15) is 19.2 Å². The molecule has 0 bridgehead atoms. The van der Waals surface area contributed by atoms with Gasteiger partial charge in [-0.2, -0.15) is 18.3 Å². The molecule has 0 aliphatic carbocycles. The monoisotopic (exact) mass is 234 g/mol. The predicted molar refractivity (Wildman–Crippen MR) is 50.9 cm³/mol. The Hall–Kier alpha value is -1.11. The van der Waals surface area contributed by atoms with Crippen LogP contribution in [0.3, 0.4) is 0 Å². The third-order valence-corrected chi connectivity index (χ3v) is 3.04. The molecule has 1 saturated heterocycles. The number of hydrogen-bond donors (Lipinski definition) is 1. The van der Waals surface area contributed by atoms with Gasteiger partial charge in [0.05, 0.1) is 0 Å². The Kier molecular flexibility index (Phi) is 2.65. The molecule has 1 unspecified atom stereocenters. The van der Waals surface area contributed by atoms with Crippen molar-refractivity contribution in [2.75, 3.05) is 13.1 Å². The van der Waals surface area contributed by atoms with Gasteiger partial charge in [-0.25, -0.2) is 9.67 Å². The van der Waals surface area contributed by atoms with Gasteiger partial charge in [0.15, 0.2) is 0 Å². The van der Waals surface area contributed by atoms with Crippen molar-refractivity contribution in [3.8, 4) is 0 Å². The van der Waals surface area contributed by atoms with Gasteiger partial charge in [0, 0.05) is 13.1 Å². The van der Waals surface area contributed by atoms with Gasteiger partial charge in [-0.1, -0.05) is 0 Å². The topological polar surface area (TPSA) is 42.7 Å². The summed E-state index contributed by atoms with van der Waals surface area (Å²) in [7, 11) is 0. The maximum absolute atomic E-state index is 13.2. The zero-order valence-electron chi connectivity index (χ0n) is 8.88. The lowest BCUT2D eigenvalue weighted by Gasteiger charge is -2.29. The Bertz CT molecular complexity index is 365. The maximum Gasteiger partial charge on any atom is 0.402 e. The fourth-order valence-electron chi connectivity index (χ4n) is 2.12. The fraction of sp³-hybridized carbons (Fsp3) is 0.778. The van der Waals surface area contributed by atoms with E-state index in [1.165, 1.54) is 11.0 Å². The molecule has 1 aliphatic rings.